The van der Waals surface area contributed by atoms with Crippen LogP contribution < -0.4 is 0 Å². The molecule has 1 aromatic rings. The summed E-state index contributed by atoms with van der Waals surface area (Å²) in [4.78, 5) is 0. The van der Waals surface area contributed by atoms with Crippen LogP contribution in [0.1, 0.15) is 12.5 Å². The minimum absolute atomic E-state index is 0.418. The molecule has 0 aliphatic heterocycles. The Morgan fingerprint density at radius 1 is 1.50 bits per heavy atom. The zero-order valence-corrected chi connectivity index (χ0v) is 10.4. The molecule has 0 N–H and O–H groups in total. The van der Waals surface area contributed by atoms with Crippen LogP contribution in [0.4, 0.5) is 0 Å². The van der Waals surface area contributed by atoms with E-state index in [0.29, 0.717) is 15.6 Å². The first-order valence-corrected chi connectivity index (χ1v) is 5.33. The van der Waals surface area contributed by atoms with Crippen LogP contribution in [0, 0.1) is 11.3 Å². The highest BCUT2D eigenvalue weighted by Gasteiger charge is 2.07. The fraction of sp³-hybridized carbons (Fsp3) is 0.100. The van der Waals surface area contributed by atoms with E-state index in [4.69, 9.17) is 28.5 Å². The van der Waals surface area contributed by atoms with E-state index in [2.05, 4.69) is 15.9 Å². The van der Waals surface area contributed by atoms with Gasteiger partial charge in [0.1, 0.15) is 0 Å². The first-order chi connectivity index (χ1) is 6.56. The van der Waals surface area contributed by atoms with E-state index in [-0.39, 0.29) is 0 Å². The lowest BCUT2D eigenvalue weighted by Crippen LogP contribution is -1.83. The van der Waals surface area contributed by atoms with Gasteiger partial charge in [-0.05, 0) is 25.1 Å². The van der Waals surface area contributed by atoms with Gasteiger partial charge in [0.15, 0.2) is 0 Å². The van der Waals surface area contributed by atoms with Gasteiger partial charge < -0.3 is 0 Å². The third kappa shape index (κ3) is 2.51. The topological polar surface area (TPSA) is 23.8 Å². The number of nitrogens with zero attached hydrogens (tertiary/aromatic N) is 1. The van der Waals surface area contributed by atoms with Crippen LogP contribution >= 0.6 is 39.1 Å². The van der Waals surface area contributed by atoms with Crippen LogP contribution in [0.3, 0.4) is 0 Å². The van der Waals surface area contributed by atoms with Crippen LogP contribution in [0.25, 0.3) is 5.03 Å². The second-order valence-electron chi connectivity index (χ2n) is 2.67. The highest BCUT2D eigenvalue weighted by molar-refractivity contribution is 9.10. The van der Waals surface area contributed by atoms with Crippen molar-refractivity contribution in [3.63, 3.8) is 0 Å². The van der Waals surface area contributed by atoms with Crippen LogP contribution in [-0.2, 0) is 0 Å². The Bertz CT molecular complexity index is 432. The van der Waals surface area contributed by atoms with Gasteiger partial charge in [-0.2, -0.15) is 5.26 Å². The van der Waals surface area contributed by atoms with Crippen molar-refractivity contribution >= 4 is 44.2 Å². The second kappa shape index (κ2) is 4.84. The van der Waals surface area contributed by atoms with Gasteiger partial charge in [0, 0.05) is 20.6 Å². The number of rotatable bonds is 1. The Hall–Kier alpha value is -0.490. The van der Waals surface area contributed by atoms with E-state index in [1.165, 1.54) is 0 Å². The summed E-state index contributed by atoms with van der Waals surface area (Å²) in [6, 6.07) is 7.26. The molecule has 0 aliphatic rings. The van der Waals surface area contributed by atoms with Gasteiger partial charge in [-0.1, -0.05) is 39.1 Å². The minimum atomic E-state index is 0.418. The summed E-state index contributed by atoms with van der Waals surface area (Å²) in [5.74, 6) is 0. The summed E-state index contributed by atoms with van der Waals surface area (Å²) < 4.78 is 0.821. The zero-order chi connectivity index (χ0) is 10.7. The first-order valence-electron chi connectivity index (χ1n) is 3.78. The van der Waals surface area contributed by atoms with Crippen molar-refractivity contribution in [2.24, 2.45) is 0 Å². The maximum atomic E-state index is 8.69. The van der Waals surface area contributed by atoms with Crippen molar-refractivity contribution in [1.29, 1.82) is 5.26 Å². The Labute approximate surface area is 101 Å². The third-order valence-electron chi connectivity index (χ3n) is 1.66. The summed E-state index contributed by atoms with van der Waals surface area (Å²) >= 11 is 15.2. The normalized spacial score (nSPS) is 11.9. The van der Waals surface area contributed by atoms with Crippen molar-refractivity contribution < 1.29 is 0 Å². The molecule has 0 bridgehead atoms. The molecule has 0 spiro atoms. The lowest BCUT2D eigenvalue weighted by atomic mass is 10.1. The molecular weight excluding hydrogens is 285 g/mol. The number of nitriles is 1. The highest BCUT2D eigenvalue weighted by Crippen LogP contribution is 2.31. The first kappa shape index (κ1) is 11.6. The number of benzene rings is 1. The lowest BCUT2D eigenvalue weighted by molar-refractivity contribution is 1.45. The van der Waals surface area contributed by atoms with Crippen molar-refractivity contribution in [1.82, 2.24) is 0 Å². The zero-order valence-electron chi connectivity index (χ0n) is 7.31. The summed E-state index contributed by atoms with van der Waals surface area (Å²) in [7, 11) is 0. The summed E-state index contributed by atoms with van der Waals surface area (Å²) in [5.41, 5.74) is 1.20. The van der Waals surface area contributed by atoms with E-state index in [1.807, 2.05) is 6.07 Å². The van der Waals surface area contributed by atoms with Gasteiger partial charge in [-0.3, -0.25) is 0 Å². The number of halogens is 3. The van der Waals surface area contributed by atoms with Crippen molar-refractivity contribution in [2.75, 3.05) is 0 Å². The molecule has 0 radical (unpaired) electrons. The Morgan fingerprint density at radius 3 is 2.71 bits per heavy atom. The van der Waals surface area contributed by atoms with Crippen molar-refractivity contribution in [3.8, 4) is 6.07 Å². The van der Waals surface area contributed by atoms with E-state index in [1.54, 1.807) is 25.1 Å². The second-order valence-corrected chi connectivity index (χ2v) is 4.34. The van der Waals surface area contributed by atoms with Gasteiger partial charge in [0.2, 0.25) is 0 Å². The average molecular weight is 291 g/mol. The molecule has 0 unspecified atom stereocenters. The maximum absolute atomic E-state index is 8.69. The standard InChI is InChI=1S/C10H6BrCl2N/c1-6(5-14)10(13)8-4-7(12)2-3-9(8)11/h2-4H,1H3/b10-6-. The molecule has 0 heterocycles. The Balaban J connectivity index is 3.34. The lowest BCUT2D eigenvalue weighted by Gasteiger charge is -2.04. The molecule has 72 valence electrons. The number of hydrogen-bond donors (Lipinski definition) is 0. The van der Waals surface area contributed by atoms with E-state index >= 15 is 0 Å². The van der Waals surface area contributed by atoms with Gasteiger partial charge in [-0.25, -0.2) is 0 Å². The van der Waals surface area contributed by atoms with Crippen LogP contribution in [0.5, 0.6) is 0 Å². The molecule has 0 atom stereocenters. The molecule has 1 rings (SSSR count). The molecule has 0 saturated heterocycles. The largest absolute Gasteiger partial charge is 0.193 e. The number of hydrogen-bond acceptors (Lipinski definition) is 1. The number of allylic oxidation sites excluding steroid dienone is 1. The maximum Gasteiger partial charge on any atom is 0.0959 e. The molecule has 1 aromatic carbocycles. The fourth-order valence-electron chi connectivity index (χ4n) is 0.917. The van der Waals surface area contributed by atoms with Crippen LogP contribution in [-0.4, -0.2) is 0 Å². The molecule has 0 amide bonds. The van der Waals surface area contributed by atoms with Crippen molar-refractivity contribution in [2.45, 2.75) is 6.92 Å². The van der Waals surface area contributed by atoms with Crippen LogP contribution in [0.15, 0.2) is 28.2 Å². The van der Waals surface area contributed by atoms with E-state index in [9.17, 15) is 0 Å². The summed E-state index contributed by atoms with van der Waals surface area (Å²) in [6.07, 6.45) is 0. The predicted molar refractivity (Wildman–Crippen MR) is 63.2 cm³/mol. The molecule has 0 aliphatic carbocycles. The van der Waals surface area contributed by atoms with Crippen LogP contribution in [0.2, 0.25) is 5.02 Å². The molecule has 1 nitrogen and oxygen atoms in total. The smallest absolute Gasteiger partial charge is 0.0959 e. The summed E-state index contributed by atoms with van der Waals surface area (Å²) in [5, 5.41) is 9.69. The molecule has 4 heteroatoms. The van der Waals surface area contributed by atoms with E-state index in [0.717, 1.165) is 10.0 Å². The predicted octanol–water partition coefficient (Wildman–Crippen LogP) is 4.60. The molecule has 0 fully saturated rings. The Kier molecular flexibility index (Phi) is 4.00. The van der Waals surface area contributed by atoms with Gasteiger partial charge in [0.05, 0.1) is 11.1 Å². The Morgan fingerprint density at radius 2 is 2.14 bits per heavy atom. The molecule has 14 heavy (non-hydrogen) atoms. The van der Waals surface area contributed by atoms with Gasteiger partial charge >= 0.3 is 0 Å². The molecule has 0 aromatic heterocycles. The minimum Gasteiger partial charge on any atom is -0.193 e. The molecule has 0 saturated carbocycles. The molecular formula is C10H6BrCl2N. The highest BCUT2D eigenvalue weighted by atomic mass is 79.9. The van der Waals surface area contributed by atoms with Crippen molar-refractivity contribution in [3.05, 3.63) is 38.8 Å². The quantitative estimate of drug-likeness (QED) is 0.694. The van der Waals surface area contributed by atoms with Gasteiger partial charge in [-0.15, -0.1) is 0 Å². The monoisotopic (exact) mass is 289 g/mol. The SMILES string of the molecule is C/C(C#N)=C(/Cl)c1cc(Cl)ccc1Br. The average Bonchev–Trinajstić information content (AvgIpc) is 2.19. The van der Waals surface area contributed by atoms with Gasteiger partial charge in [0.25, 0.3) is 0 Å². The fourth-order valence-corrected chi connectivity index (χ4v) is 1.85. The third-order valence-corrected chi connectivity index (χ3v) is 3.08. The van der Waals surface area contributed by atoms with E-state index < -0.39 is 0 Å². The summed E-state index contributed by atoms with van der Waals surface area (Å²) in [6.45, 7) is 1.66.